The summed E-state index contributed by atoms with van der Waals surface area (Å²) in [6.07, 6.45) is 5.63. The molecule has 0 amide bonds. The number of likely N-dealkylation sites (tertiary alicyclic amines) is 1. The molecule has 0 aliphatic carbocycles. The van der Waals surface area contributed by atoms with E-state index >= 15 is 0 Å². The zero-order valence-corrected chi connectivity index (χ0v) is 16.1. The Morgan fingerprint density at radius 2 is 2.25 bits per heavy atom. The van der Waals surface area contributed by atoms with Gasteiger partial charge in [-0.3, -0.25) is 4.90 Å². The maximum absolute atomic E-state index is 14.4. The monoisotopic (exact) mass is 402 g/mol. The highest BCUT2D eigenvalue weighted by molar-refractivity contribution is 6.31. The van der Waals surface area contributed by atoms with Crippen molar-refractivity contribution < 1.29 is 9.13 Å². The van der Waals surface area contributed by atoms with Crippen LogP contribution in [0.1, 0.15) is 13.3 Å². The number of anilines is 1. The number of fused-ring (bicyclic) bond motifs is 1. The normalized spacial score (nSPS) is 25.2. The fourth-order valence-corrected chi connectivity index (χ4v) is 4.09. The molecule has 5 heterocycles. The van der Waals surface area contributed by atoms with Crippen LogP contribution in [0.5, 0.6) is 0 Å². The van der Waals surface area contributed by atoms with Gasteiger partial charge in [0.2, 0.25) is 0 Å². The summed E-state index contributed by atoms with van der Waals surface area (Å²) >= 11 is 6.07. The van der Waals surface area contributed by atoms with Crippen LogP contribution in [0, 0.1) is 11.7 Å². The summed E-state index contributed by atoms with van der Waals surface area (Å²) in [5.74, 6) is 0.712. The number of nitrogens with zero attached hydrogens (tertiary/aromatic N) is 4. The van der Waals surface area contributed by atoms with Gasteiger partial charge in [0.1, 0.15) is 11.9 Å². The molecule has 0 bridgehead atoms. The maximum Gasteiger partial charge on any atom is 0.183 e. The van der Waals surface area contributed by atoms with Crippen molar-refractivity contribution in [3.63, 3.8) is 0 Å². The lowest BCUT2D eigenvalue weighted by atomic mass is 10.1. The lowest BCUT2D eigenvalue weighted by Crippen LogP contribution is -2.50. The van der Waals surface area contributed by atoms with E-state index in [1.807, 2.05) is 0 Å². The molecular weight excluding hydrogens is 383 g/mol. The van der Waals surface area contributed by atoms with Gasteiger partial charge in [-0.2, -0.15) is 0 Å². The number of H-pyrrole nitrogens is 1. The second kappa shape index (κ2) is 6.95. The molecule has 2 fully saturated rings. The van der Waals surface area contributed by atoms with E-state index in [2.05, 4.69) is 37.1 Å². The van der Waals surface area contributed by atoms with Crippen LogP contribution in [0.4, 0.5) is 10.2 Å². The summed E-state index contributed by atoms with van der Waals surface area (Å²) in [7, 11) is 0. The van der Waals surface area contributed by atoms with Gasteiger partial charge in [-0.25, -0.2) is 19.3 Å². The fraction of sp³-hybridized carbons (Fsp3) is 0.421. The number of hydrogen-bond donors (Lipinski definition) is 2. The number of halogens is 2. The molecule has 2 saturated heterocycles. The number of pyridine rings is 1. The summed E-state index contributed by atoms with van der Waals surface area (Å²) in [5.41, 5.74) is 1.42. The average molecular weight is 403 g/mol. The van der Waals surface area contributed by atoms with Crippen molar-refractivity contribution in [1.29, 1.82) is 0 Å². The Morgan fingerprint density at radius 1 is 1.36 bits per heavy atom. The number of aromatic amines is 1. The van der Waals surface area contributed by atoms with E-state index in [4.69, 9.17) is 16.3 Å². The molecule has 3 atom stereocenters. The number of nitrogens with one attached hydrogen (secondary N) is 2. The Labute approximate surface area is 166 Å². The third kappa shape index (κ3) is 3.11. The first kappa shape index (κ1) is 17.8. The largest absolute Gasteiger partial charge is 0.363 e. The predicted molar refractivity (Wildman–Crippen MR) is 105 cm³/mol. The second-order valence-corrected chi connectivity index (χ2v) is 7.90. The molecule has 2 unspecified atom stereocenters. The van der Waals surface area contributed by atoms with E-state index in [9.17, 15) is 4.39 Å². The van der Waals surface area contributed by atoms with Crippen LogP contribution in [0.3, 0.4) is 0 Å². The summed E-state index contributed by atoms with van der Waals surface area (Å²) in [5, 5.41) is 4.56. The van der Waals surface area contributed by atoms with Crippen molar-refractivity contribution in [3.8, 4) is 11.4 Å². The molecule has 0 saturated carbocycles. The van der Waals surface area contributed by atoms with E-state index in [1.165, 1.54) is 6.20 Å². The molecular formula is C19H20ClFN6O. The van der Waals surface area contributed by atoms with Crippen molar-refractivity contribution in [2.75, 3.05) is 25.0 Å². The van der Waals surface area contributed by atoms with Gasteiger partial charge in [-0.05, 0) is 12.5 Å². The van der Waals surface area contributed by atoms with Crippen molar-refractivity contribution >= 4 is 28.5 Å². The molecule has 3 aromatic heterocycles. The molecule has 9 heteroatoms. The lowest BCUT2D eigenvalue weighted by molar-refractivity contribution is -0.182. The molecule has 2 N–H and O–H groups in total. The number of rotatable bonds is 4. The third-order valence-corrected chi connectivity index (χ3v) is 5.63. The molecule has 0 spiro atoms. The van der Waals surface area contributed by atoms with Gasteiger partial charge < -0.3 is 15.0 Å². The van der Waals surface area contributed by atoms with Gasteiger partial charge in [0.15, 0.2) is 17.5 Å². The Morgan fingerprint density at radius 3 is 3.04 bits per heavy atom. The van der Waals surface area contributed by atoms with Crippen LogP contribution < -0.4 is 5.32 Å². The van der Waals surface area contributed by atoms with Crippen LogP contribution in [-0.2, 0) is 4.74 Å². The van der Waals surface area contributed by atoms with Gasteiger partial charge in [-0.15, -0.1) is 0 Å². The Hall–Kier alpha value is -2.29. The number of aromatic nitrogens is 4. The summed E-state index contributed by atoms with van der Waals surface area (Å²) in [6, 6.07) is 1.91. The molecule has 28 heavy (non-hydrogen) atoms. The Balaban J connectivity index is 1.38. The highest BCUT2D eigenvalue weighted by Crippen LogP contribution is 2.30. The van der Waals surface area contributed by atoms with E-state index in [0.29, 0.717) is 22.4 Å². The average Bonchev–Trinajstić information content (AvgIpc) is 3.29. The van der Waals surface area contributed by atoms with Gasteiger partial charge in [0.05, 0.1) is 17.8 Å². The minimum Gasteiger partial charge on any atom is -0.363 e. The maximum atomic E-state index is 14.4. The topological polar surface area (TPSA) is 79.0 Å². The van der Waals surface area contributed by atoms with Crippen molar-refractivity contribution in [2.45, 2.75) is 25.6 Å². The van der Waals surface area contributed by atoms with Crippen molar-refractivity contribution in [1.82, 2.24) is 24.8 Å². The van der Waals surface area contributed by atoms with Crippen LogP contribution in [-0.4, -0.2) is 56.8 Å². The smallest absolute Gasteiger partial charge is 0.183 e. The Bertz CT molecular complexity index is 1030. The van der Waals surface area contributed by atoms with Crippen LogP contribution in [0.15, 0.2) is 24.7 Å². The number of hydrogen-bond acceptors (Lipinski definition) is 6. The van der Waals surface area contributed by atoms with Crippen LogP contribution >= 0.6 is 11.6 Å². The van der Waals surface area contributed by atoms with E-state index < -0.39 is 5.82 Å². The summed E-state index contributed by atoms with van der Waals surface area (Å²) in [4.78, 5) is 18.2. The van der Waals surface area contributed by atoms with Gasteiger partial charge in [0, 0.05) is 48.4 Å². The predicted octanol–water partition coefficient (Wildman–Crippen LogP) is 3.29. The minimum atomic E-state index is -0.466. The summed E-state index contributed by atoms with van der Waals surface area (Å²) in [6.45, 7) is 4.74. The minimum absolute atomic E-state index is 0.118. The van der Waals surface area contributed by atoms with E-state index in [1.54, 1.807) is 18.5 Å². The van der Waals surface area contributed by atoms with Crippen LogP contribution in [0.25, 0.3) is 22.4 Å². The third-order valence-electron chi connectivity index (χ3n) is 5.42. The zero-order valence-electron chi connectivity index (χ0n) is 15.3. The standard InChI is InChI=1S/C19H20ClFN6O/c1-10-9-28-19(10)27-3-2-12(8-27)25-18-15(21)7-24-17(26-18)14-6-23-16-13(14)4-11(20)5-22-16/h4-7,10,12,19H,2-3,8-9H2,1H3,(H,22,23)(H,24,25,26)/t10?,12-,19?/m0/s1. The highest BCUT2D eigenvalue weighted by Gasteiger charge is 2.37. The summed E-state index contributed by atoms with van der Waals surface area (Å²) < 4.78 is 20.0. The van der Waals surface area contributed by atoms with Crippen LogP contribution in [0.2, 0.25) is 5.02 Å². The van der Waals surface area contributed by atoms with Crippen molar-refractivity contribution in [3.05, 3.63) is 35.5 Å². The van der Waals surface area contributed by atoms with Gasteiger partial charge in [0.25, 0.3) is 0 Å². The SMILES string of the molecule is CC1COC1N1CC[C@H](Nc2nc(-c3c[nH]c4ncc(Cl)cc34)ncc2F)C1. The molecule has 0 radical (unpaired) electrons. The van der Waals surface area contributed by atoms with Crippen molar-refractivity contribution in [2.24, 2.45) is 5.92 Å². The molecule has 146 valence electrons. The molecule has 3 aromatic rings. The van der Waals surface area contributed by atoms with Gasteiger partial charge >= 0.3 is 0 Å². The first-order valence-electron chi connectivity index (χ1n) is 9.36. The van der Waals surface area contributed by atoms with E-state index in [-0.39, 0.29) is 18.1 Å². The van der Waals surface area contributed by atoms with Gasteiger partial charge in [-0.1, -0.05) is 18.5 Å². The Kier molecular flexibility index (Phi) is 4.41. The molecule has 0 aromatic carbocycles. The quantitative estimate of drug-likeness (QED) is 0.697. The zero-order chi connectivity index (χ0) is 19.3. The highest BCUT2D eigenvalue weighted by atomic mass is 35.5. The first-order chi connectivity index (χ1) is 13.6. The molecule has 2 aliphatic rings. The molecule has 7 nitrogen and oxygen atoms in total. The first-order valence-corrected chi connectivity index (χ1v) is 9.74. The second-order valence-electron chi connectivity index (χ2n) is 7.47. The van der Waals surface area contributed by atoms with E-state index in [0.717, 1.165) is 37.1 Å². The number of ether oxygens (including phenoxy) is 1. The molecule has 5 rings (SSSR count). The molecule has 2 aliphatic heterocycles. The fourth-order valence-electron chi connectivity index (χ4n) is 3.93. The lowest BCUT2D eigenvalue weighted by Gasteiger charge is -2.40.